The maximum absolute atomic E-state index is 11.5. The molecule has 0 aliphatic heterocycles. The molecule has 1 aromatic heterocycles. The Balaban J connectivity index is 2.53. The summed E-state index contributed by atoms with van der Waals surface area (Å²) in [5.74, 6) is -1.46. The van der Waals surface area contributed by atoms with E-state index in [1.807, 2.05) is 0 Å². The molecule has 7 heteroatoms. The summed E-state index contributed by atoms with van der Waals surface area (Å²) in [7, 11) is 3.28. The van der Waals surface area contributed by atoms with Crippen LogP contribution >= 0.6 is 0 Å². The van der Waals surface area contributed by atoms with Gasteiger partial charge in [0.1, 0.15) is 6.54 Å². The van der Waals surface area contributed by atoms with Crippen LogP contribution in [0, 0.1) is 11.3 Å². The Morgan fingerprint density at radius 1 is 1.65 bits per heavy atom. The van der Waals surface area contributed by atoms with Gasteiger partial charge in [-0.3, -0.25) is 14.3 Å². The summed E-state index contributed by atoms with van der Waals surface area (Å²) in [6.07, 6.45) is 3.38. The second-order valence-electron chi connectivity index (χ2n) is 3.52. The number of rotatable bonds is 3. The van der Waals surface area contributed by atoms with E-state index in [9.17, 15) is 9.59 Å². The fraction of sp³-hybridized carbons (Fsp3) is 0.400. The van der Waals surface area contributed by atoms with Crippen molar-refractivity contribution in [3.63, 3.8) is 0 Å². The summed E-state index contributed by atoms with van der Waals surface area (Å²) in [5.41, 5.74) is 0.830. The number of hydrogen-bond acceptors (Lipinski definition) is 4. The molecule has 0 saturated carbocycles. The first-order chi connectivity index (χ1) is 8.04. The Bertz CT molecular complexity index is 460. The molecule has 0 bridgehead atoms. The topological polar surface area (TPSA) is 91.0 Å². The van der Waals surface area contributed by atoms with Gasteiger partial charge in [0.05, 0.1) is 12.3 Å². The molecule has 0 spiro atoms. The second-order valence-corrected chi connectivity index (χ2v) is 3.52. The van der Waals surface area contributed by atoms with Gasteiger partial charge in [-0.2, -0.15) is 10.4 Å². The van der Waals surface area contributed by atoms with Crippen LogP contribution in [0.4, 0.5) is 0 Å². The minimum absolute atomic E-state index is 0.175. The number of nitrogens with one attached hydrogen (secondary N) is 1. The lowest BCUT2D eigenvalue weighted by Crippen LogP contribution is -2.40. The first-order valence-corrected chi connectivity index (χ1v) is 4.92. The van der Waals surface area contributed by atoms with E-state index in [4.69, 9.17) is 5.26 Å². The van der Waals surface area contributed by atoms with Crippen LogP contribution in [0.15, 0.2) is 12.4 Å². The average molecular weight is 235 g/mol. The molecule has 0 aliphatic carbocycles. The maximum Gasteiger partial charge on any atom is 0.311 e. The van der Waals surface area contributed by atoms with Crippen LogP contribution in [0.1, 0.15) is 5.56 Å². The van der Waals surface area contributed by atoms with Gasteiger partial charge >= 0.3 is 11.8 Å². The van der Waals surface area contributed by atoms with Gasteiger partial charge in [0.15, 0.2) is 0 Å². The third kappa shape index (κ3) is 3.61. The van der Waals surface area contributed by atoms with Crippen LogP contribution in [-0.4, -0.2) is 40.1 Å². The molecule has 1 N–H and O–H groups in total. The van der Waals surface area contributed by atoms with Gasteiger partial charge in [-0.05, 0) is 0 Å². The van der Waals surface area contributed by atoms with Crippen LogP contribution in [0.5, 0.6) is 0 Å². The molecule has 1 rings (SSSR count). The van der Waals surface area contributed by atoms with Crippen molar-refractivity contribution in [1.29, 1.82) is 5.26 Å². The summed E-state index contributed by atoms with van der Waals surface area (Å²) in [6.45, 7) is 0.123. The van der Waals surface area contributed by atoms with Gasteiger partial charge in [-0.1, -0.05) is 0 Å². The molecule has 0 aliphatic rings. The average Bonchev–Trinajstić information content (AvgIpc) is 2.70. The molecule has 7 nitrogen and oxygen atoms in total. The fourth-order valence-electron chi connectivity index (χ4n) is 1.27. The number of nitrogens with zero attached hydrogens (tertiary/aromatic N) is 4. The second kappa shape index (κ2) is 5.65. The Labute approximate surface area is 98.6 Å². The molecule has 0 saturated heterocycles. The highest BCUT2D eigenvalue weighted by Gasteiger charge is 2.18. The lowest BCUT2D eigenvalue weighted by molar-refractivity contribution is -0.145. The Kier molecular flexibility index (Phi) is 4.22. The molecule has 0 fully saturated rings. The van der Waals surface area contributed by atoms with Gasteiger partial charge in [0.25, 0.3) is 0 Å². The third-order valence-electron chi connectivity index (χ3n) is 2.05. The van der Waals surface area contributed by atoms with E-state index in [1.54, 1.807) is 30.2 Å². The highest BCUT2D eigenvalue weighted by Crippen LogP contribution is 2.01. The number of aryl methyl sites for hydroxylation is 1. The normalized spacial score (nSPS) is 9.47. The van der Waals surface area contributed by atoms with Crippen LogP contribution in [0.25, 0.3) is 0 Å². The molecular weight excluding hydrogens is 222 g/mol. The molecule has 0 unspecified atom stereocenters. The van der Waals surface area contributed by atoms with Crippen molar-refractivity contribution >= 4 is 11.8 Å². The third-order valence-corrected chi connectivity index (χ3v) is 2.05. The standard InChI is InChI=1S/C10H13N5O2/c1-14(6-8-5-13-15(2)7-8)10(17)9(16)12-4-3-11/h5,7H,4,6H2,1-2H3,(H,12,16). The molecule has 90 valence electrons. The van der Waals surface area contributed by atoms with Crippen molar-refractivity contribution in [2.75, 3.05) is 13.6 Å². The predicted molar refractivity (Wildman–Crippen MR) is 58.3 cm³/mol. The smallest absolute Gasteiger partial charge is 0.311 e. The van der Waals surface area contributed by atoms with E-state index in [0.29, 0.717) is 6.54 Å². The largest absolute Gasteiger partial charge is 0.335 e. The molecule has 17 heavy (non-hydrogen) atoms. The quantitative estimate of drug-likeness (QED) is 0.538. The van der Waals surface area contributed by atoms with E-state index in [0.717, 1.165) is 5.56 Å². The zero-order valence-electron chi connectivity index (χ0n) is 9.67. The number of aromatic nitrogens is 2. The number of hydrogen-bond donors (Lipinski definition) is 1. The van der Waals surface area contributed by atoms with Gasteiger partial charge in [-0.15, -0.1) is 0 Å². The number of amides is 2. The number of carbonyl (C=O) groups is 2. The van der Waals surface area contributed by atoms with Gasteiger partial charge in [0.2, 0.25) is 0 Å². The van der Waals surface area contributed by atoms with Crippen molar-refractivity contribution in [2.45, 2.75) is 6.54 Å². The summed E-state index contributed by atoms with van der Waals surface area (Å²) in [4.78, 5) is 24.1. The summed E-state index contributed by atoms with van der Waals surface area (Å²) in [6, 6.07) is 1.73. The van der Waals surface area contributed by atoms with Gasteiger partial charge in [-0.25, -0.2) is 0 Å². The first-order valence-electron chi connectivity index (χ1n) is 4.92. The highest BCUT2D eigenvalue weighted by atomic mass is 16.2. The molecule has 0 atom stereocenters. The van der Waals surface area contributed by atoms with E-state index in [2.05, 4.69) is 10.4 Å². The SMILES string of the molecule is CN(Cc1cnn(C)c1)C(=O)C(=O)NCC#N. The van der Waals surface area contributed by atoms with E-state index >= 15 is 0 Å². The van der Waals surface area contributed by atoms with Gasteiger partial charge < -0.3 is 10.2 Å². The van der Waals surface area contributed by atoms with Crippen molar-refractivity contribution in [1.82, 2.24) is 20.0 Å². The molecule has 1 heterocycles. The fourth-order valence-corrected chi connectivity index (χ4v) is 1.27. The van der Waals surface area contributed by atoms with Crippen molar-refractivity contribution < 1.29 is 9.59 Å². The minimum atomic E-state index is -0.780. The van der Waals surface area contributed by atoms with Crippen LogP contribution in [0.3, 0.4) is 0 Å². The summed E-state index contributed by atoms with van der Waals surface area (Å²) >= 11 is 0. The van der Waals surface area contributed by atoms with Crippen LogP contribution < -0.4 is 5.32 Å². The van der Waals surface area contributed by atoms with Crippen molar-refractivity contribution in [2.24, 2.45) is 7.05 Å². The molecular formula is C10H13N5O2. The maximum atomic E-state index is 11.5. The summed E-state index contributed by atoms with van der Waals surface area (Å²) < 4.78 is 1.61. The lowest BCUT2D eigenvalue weighted by atomic mass is 10.3. The van der Waals surface area contributed by atoms with Crippen molar-refractivity contribution in [3.05, 3.63) is 18.0 Å². The Morgan fingerprint density at radius 3 is 2.88 bits per heavy atom. The van der Waals surface area contributed by atoms with Gasteiger partial charge in [0, 0.05) is 32.4 Å². The van der Waals surface area contributed by atoms with Crippen LogP contribution in [0.2, 0.25) is 0 Å². The molecule has 0 aromatic carbocycles. The monoisotopic (exact) mass is 235 g/mol. The number of carbonyl (C=O) groups excluding carboxylic acids is 2. The number of nitriles is 1. The molecule has 0 radical (unpaired) electrons. The molecule has 2 amide bonds. The van der Waals surface area contributed by atoms with E-state index < -0.39 is 11.8 Å². The minimum Gasteiger partial charge on any atom is -0.335 e. The predicted octanol–water partition coefficient (Wildman–Crippen LogP) is -0.982. The molecule has 1 aromatic rings. The van der Waals surface area contributed by atoms with Crippen molar-refractivity contribution in [3.8, 4) is 6.07 Å². The lowest BCUT2D eigenvalue weighted by Gasteiger charge is -2.14. The van der Waals surface area contributed by atoms with E-state index in [-0.39, 0.29) is 6.54 Å². The summed E-state index contributed by atoms with van der Waals surface area (Å²) in [5, 5.41) is 14.4. The highest BCUT2D eigenvalue weighted by molar-refractivity contribution is 6.34. The number of likely N-dealkylation sites (N-methyl/N-ethyl adjacent to an activating group) is 1. The zero-order chi connectivity index (χ0) is 12.8. The van der Waals surface area contributed by atoms with E-state index in [1.165, 1.54) is 11.9 Å². The zero-order valence-corrected chi connectivity index (χ0v) is 9.67. The Morgan fingerprint density at radius 2 is 2.35 bits per heavy atom. The first kappa shape index (κ1) is 12.7. The Hall–Kier alpha value is -2.36. The van der Waals surface area contributed by atoms with Crippen LogP contribution in [-0.2, 0) is 23.2 Å².